The molecule has 1 saturated heterocycles. The Morgan fingerprint density at radius 2 is 1.72 bits per heavy atom. The summed E-state index contributed by atoms with van der Waals surface area (Å²) < 4.78 is 5.82. The number of anilines is 1. The number of rotatable bonds is 7. The summed E-state index contributed by atoms with van der Waals surface area (Å²) in [5.41, 5.74) is 3.92. The predicted octanol–water partition coefficient (Wildman–Crippen LogP) is 6.73. The van der Waals surface area contributed by atoms with Crippen LogP contribution in [-0.2, 0) is 17.8 Å². The number of carbonyl (C=O) groups is 1. The Hall–Kier alpha value is -2.60. The van der Waals surface area contributed by atoms with Gasteiger partial charge >= 0.3 is 0 Å². The van der Waals surface area contributed by atoms with E-state index in [1.54, 1.807) is 12.1 Å². The van der Waals surface area contributed by atoms with Crippen LogP contribution in [0.4, 0.5) is 5.69 Å². The van der Waals surface area contributed by atoms with Crippen LogP contribution in [0.1, 0.15) is 23.6 Å². The highest BCUT2D eigenvalue weighted by Crippen LogP contribution is 2.31. The third kappa shape index (κ3) is 5.80. The lowest BCUT2D eigenvalue weighted by atomic mass is 10.1. The minimum atomic E-state index is -0.199. The van der Waals surface area contributed by atoms with Crippen LogP contribution in [0.3, 0.4) is 0 Å². The zero-order valence-electron chi connectivity index (χ0n) is 17.4. The van der Waals surface area contributed by atoms with Crippen LogP contribution in [0.2, 0.25) is 10.0 Å². The number of carbonyl (C=O) groups excluding carboxylic acids is 1. The number of nitrogens with one attached hydrogen (secondary N) is 2. The van der Waals surface area contributed by atoms with Crippen molar-refractivity contribution in [1.82, 2.24) is 5.32 Å². The molecule has 1 fully saturated rings. The molecule has 0 bridgehead atoms. The van der Waals surface area contributed by atoms with Gasteiger partial charge in [0.1, 0.15) is 12.4 Å². The first-order chi connectivity index (χ1) is 15.5. The van der Waals surface area contributed by atoms with Gasteiger partial charge in [-0.05, 0) is 65.6 Å². The van der Waals surface area contributed by atoms with Gasteiger partial charge in [0.25, 0.3) is 5.91 Å². The van der Waals surface area contributed by atoms with Gasteiger partial charge in [-0.2, -0.15) is 0 Å². The maximum Gasteiger partial charge on any atom is 0.260 e. The number of ether oxygens (including phenoxy) is 1. The summed E-state index contributed by atoms with van der Waals surface area (Å²) in [6, 6.07) is 21.3. The van der Waals surface area contributed by atoms with Gasteiger partial charge in [-0.25, -0.2) is 0 Å². The average molecular weight is 485 g/mol. The van der Waals surface area contributed by atoms with Crippen LogP contribution in [0, 0.1) is 0 Å². The maximum atomic E-state index is 12.4. The van der Waals surface area contributed by atoms with E-state index in [9.17, 15) is 4.79 Å². The van der Waals surface area contributed by atoms with E-state index in [1.807, 2.05) is 48.5 Å². The van der Waals surface area contributed by atoms with Gasteiger partial charge in [-0.3, -0.25) is 4.79 Å². The molecule has 0 aliphatic carbocycles. The van der Waals surface area contributed by atoms with E-state index in [0.717, 1.165) is 29.0 Å². The van der Waals surface area contributed by atoms with Crippen LogP contribution in [-0.4, -0.2) is 11.4 Å². The first-order valence-electron chi connectivity index (χ1n) is 10.2. The molecular weight excluding hydrogens is 463 g/mol. The number of hydrogen-bond donors (Lipinski definition) is 2. The van der Waals surface area contributed by atoms with E-state index in [1.165, 1.54) is 17.3 Å². The topological polar surface area (TPSA) is 50.4 Å². The van der Waals surface area contributed by atoms with Gasteiger partial charge in [0.15, 0.2) is 5.50 Å². The van der Waals surface area contributed by atoms with Gasteiger partial charge in [0.2, 0.25) is 0 Å². The number of thioether (sulfide) groups is 1. The largest absolute Gasteiger partial charge is 0.489 e. The standard InChI is InChI=1S/C25H22Cl2N2O2S/c1-2-16-3-8-19(9-4-16)28-25-29-24(30)23(32-25)14-17-5-10-20(11-6-17)31-15-18-7-12-21(26)22(27)13-18/h3-14,25,28H,2,15H2,1H3,(H,29,30)/b23-14-/t25-/m0/s1. The number of benzene rings is 3. The summed E-state index contributed by atoms with van der Waals surface area (Å²) in [6.45, 7) is 2.52. The molecule has 3 aromatic rings. The Bertz CT molecular complexity index is 1130. The van der Waals surface area contributed by atoms with Gasteiger partial charge in [-0.15, -0.1) is 0 Å². The summed E-state index contributed by atoms with van der Waals surface area (Å²) in [7, 11) is 0. The maximum absolute atomic E-state index is 12.4. The summed E-state index contributed by atoms with van der Waals surface area (Å²) in [5, 5.41) is 7.33. The van der Waals surface area contributed by atoms with Crippen molar-refractivity contribution in [3.8, 4) is 5.75 Å². The molecule has 0 aromatic heterocycles. The van der Waals surface area contributed by atoms with E-state index in [2.05, 4.69) is 29.7 Å². The second-order valence-corrected chi connectivity index (χ2v) is 9.24. The van der Waals surface area contributed by atoms with Crippen molar-refractivity contribution in [2.45, 2.75) is 25.4 Å². The highest BCUT2D eigenvalue weighted by Gasteiger charge is 2.27. The highest BCUT2D eigenvalue weighted by molar-refractivity contribution is 8.05. The van der Waals surface area contributed by atoms with E-state index in [-0.39, 0.29) is 11.4 Å². The third-order valence-electron chi connectivity index (χ3n) is 4.96. The molecule has 1 amide bonds. The van der Waals surface area contributed by atoms with Crippen LogP contribution in [0.15, 0.2) is 71.6 Å². The van der Waals surface area contributed by atoms with Crippen LogP contribution in [0.25, 0.3) is 6.08 Å². The predicted molar refractivity (Wildman–Crippen MR) is 134 cm³/mol. The minimum absolute atomic E-state index is 0.0855. The lowest BCUT2D eigenvalue weighted by molar-refractivity contribution is -0.116. The third-order valence-corrected chi connectivity index (χ3v) is 6.73. The summed E-state index contributed by atoms with van der Waals surface area (Å²) in [5.74, 6) is 0.648. The quantitative estimate of drug-likeness (QED) is 0.364. The molecule has 3 aromatic carbocycles. The van der Waals surface area contributed by atoms with Crippen LogP contribution in [0.5, 0.6) is 5.75 Å². The molecule has 32 heavy (non-hydrogen) atoms. The first kappa shape index (κ1) is 22.6. The molecule has 4 nitrogen and oxygen atoms in total. The van der Waals surface area contributed by atoms with E-state index in [4.69, 9.17) is 27.9 Å². The zero-order chi connectivity index (χ0) is 22.5. The Balaban J connectivity index is 1.34. The molecule has 4 rings (SSSR count). The van der Waals surface area contributed by atoms with Crippen LogP contribution < -0.4 is 15.4 Å². The molecule has 1 aliphatic rings. The fraction of sp³-hybridized carbons (Fsp3) is 0.160. The number of amides is 1. The second kappa shape index (κ2) is 10.3. The smallest absolute Gasteiger partial charge is 0.260 e. The van der Waals surface area contributed by atoms with Crippen LogP contribution >= 0.6 is 35.0 Å². The van der Waals surface area contributed by atoms with Gasteiger partial charge in [0.05, 0.1) is 15.0 Å². The summed E-state index contributed by atoms with van der Waals surface area (Å²) in [4.78, 5) is 13.0. The number of halogens is 2. The molecule has 2 N–H and O–H groups in total. The molecule has 1 atom stereocenters. The molecule has 0 spiro atoms. The Kier molecular flexibility index (Phi) is 7.30. The lowest BCUT2D eigenvalue weighted by Crippen LogP contribution is -2.30. The fourth-order valence-corrected chi connectivity index (χ4v) is 4.47. The average Bonchev–Trinajstić information content (AvgIpc) is 3.14. The SMILES string of the molecule is CCc1ccc(N[C@H]2NC(=O)/C(=C/c3ccc(OCc4ccc(Cl)c(Cl)c4)cc3)S2)cc1. The fourth-order valence-electron chi connectivity index (χ4n) is 3.16. The highest BCUT2D eigenvalue weighted by atomic mass is 35.5. The monoisotopic (exact) mass is 484 g/mol. The first-order valence-corrected chi connectivity index (χ1v) is 11.8. The van der Waals surface area contributed by atoms with Crippen molar-refractivity contribution in [2.75, 3.05) is 5.32 Å². The molecule has 0 unspecified atom stereocenters. The van der Waals surface area contributed by atoms with Gasteiger partial charge in [0, 0.05) is 5.69 Å². The zero-order valence-corrected chi connectivity index (χ0v) is 19.7. The lowest BCUT2D eigenvalue weighted by Gasteiger charge is -2.12. The Labute approximate surface area is 202 Å². The normalized spacial score (nSPS) is 16.8. The molecule has 1 heterocycles. The summed E-state index contributed by atoms with van der Waals surface area (Å²) in [6.07, 6.45) is 2.88. The minimum Gasteiger partial charge on any atom is -0.489 e. The second-order valence-electron chi connectivity index (χ2n) is 7.28. The molecule has 164 valence electrons. The van der Waals surface area contributed by atoms with Gasteiger partial charge < -0.3 is 15.4 Å². The number of aryl methyl sites for hydroxylation is 1. The molecular formula is C25H22Cl2N2O2S. The molecule has 7 heteroatoms. The molecule has 0 radical (unpaired) electrons. The van der Waals surface area contributed by atoms with E-state index >= 15 is 0 Å². The molecule has 0 saturated carbocycles. The van der Waals surface area contributed by atoms with Crippen molar-refractivity contribution >= 4 is 52.6 Å². The van der Waals surface area contributed by atoms with Crippen molar-refractivity contribution in [1.29, 1.82) is 0 Å². The Morgan fingerprint density at radius 1 is 1.00 bits per heavy atom. The van der Waals surface area contributed by atoms with Gasteiger partial charge in [-0.1, -0.05) is 72.2 Å². The molecule has 1 aliphatic heterocycles. The summed E-state index contributed by atoms with van der Waals surface area (Å²) >= 11 is 13.5. The van der Waals surface area contributed by atoms with E-state index < -0.39 is 0 Å². The van der Waals surface area contributed by atoms with Crippen molar-refractivity contribution in [2.24, 2.45) is 0 Å². The Morgan fingerprint density at radius 3 is 2.41 bits per heavy atom. The van der Waals surface area contributed by atoms with Crippen molar-refractivity contribution in [3.05, 3.63) is 98.4 Å². The van der Waals surface area contributed by atoms with Crippen molar-refractivity contribution < 1.29 is 9.53 Å². The van der Waals surface area contributed by atoms with Crippen molar-refractivity contribution in [3.63, 3.8) is 0 Å². The number of hydrogen-bond acceptors (Lipinski definition) is 4. The van der Waals surface area contributed by atoms with E-state index in [0.29, 0.717) is 21.6 Å².